The SMILES string of the molecule is c1ccc(-c2ccc(N3c4ccccc4-c4cc5c(c6cccc3c46)c3ccncc3n5-c3ccccc3)cc2)cc1. The lowest BCUT2D eigenvalue weighted by Gasteiger charge is -2.33. The highest BCUT2D eigenvalue weighted by Crippen LogP contribution is 2.53. The molecule has 0 amide bonds. The molecular formula is C39H25N3. The van der Waals surface area contributed by atoms with Crippen LogP contribution >= 0.6 is 0 Å². The van der Waals surface area contributed by atoms with Crippen molar-refractivity contribution in [3.05, 3.63) is 152 Å². The zero-order chi connectivity index (χ0) is 27.6. The van der Waals surface area contributed by atoms with Gasteiger partial charge in [0.15, 0.2) is 0 Å². The first kappa shape index (κ1) is 23.1. The highest BCUT2D eigenvalue weighted by molar-refractivity contribution is 6.28. The van der Waals surface area contributed by atoms with Crippen LogP contribution in [0.2, 0.25) is 0 Å². The summed E-state index contributed by atoms with van der Waals surface area (Å²) in [5.41, 5.74) is 11.9. The summed E-state index contributed by atoms with van der Waals surface area (Å²) < 4.78 is 2.36. The quantitative estimate of drug-likeness (QED) is 0.224. The number of para-hydroxylation sites is 2. The molecule has 3 heteroatoms. The van der Waals surface area contributed by atoms with Crippen LogP contribution < -0.4 is 4.90 Å². The summed E-state index contributed by atoms with van der Waals surface area (Å²) in [5, 5.41) is 5.01. The molecule has 0 saturated carbocycles. The Morgan fingerprint density at radius 3 is 2.00 bits per heavy atom. The lowest BCUT2D eigenvalue weighted by molar-refractivity contribution is 1.17. The number of hydrogen-bond donors (Lipinski definition) is 0. The third-order valence-electron chi connectivity index (χ3n) is 8.59. The van der Waals surface area contributed by atoms with Crippen molar-refractivity contribution in [2.75, 3.05) is 4.90 Å². The molecule has 0 unspecified atom stereocenters. The Morgan fingerprint density at radius 1 is 0.452 bits per heavy atom. The number of hydrogen-bond acceptors (Lipinski definition) is 2. The maximum absolute atomic E-state index is 4.53. The monoisotopic (exact) mass is 535 g/mol. The minimum atomic E-state index is 1.11. The van der Waals surface area contributed by atoms with Crippen LogP contribution in [0, 0.1) is 0 Å². The largest absolute Gasteiger partial charge is 0.309 e. The number of nitrogens with zero attached hydrogens (tertiary/aromatic N) is 3. The molecule has 1 aliphatic heterocycles. The molecule has 0 radical (unpaired) electrons. The van der Waals surface area contributed by atoms with Gasteiger partial charge < -0.3 is 9.47 Å². The molecule has 3 nitrogen and oxygen atoms in total. The molecule has 8 aromatic rings. The molecule has 9 rings (SSSR count). The van der Waals surface area contributed by atoms with Gasteiger partial charge in [-0.3, -0.25) is 4.98 Å². The molecule has 0 atom stereocenters. The first-order valence-corrected chi connectivity index (χ1v) is 14.3. The second-order valence-electron chi connectivity index (χ2n) is 10.8. The van der Waals surface area contributed by atoms with Gasteiger partial charge in [0, 0.05) is 39.3 Å². The number of fused-ring (bicyclic) bond motifs is 6. The zero-order valence-corrected chi connectivity index (χ0v) is 22.8. The molecule has 196 valence electrons. The van der Waals surface area contributed by atoms with Gasteiger partial charge in [-0.05, 0) is 70.6 Å². The summed E-state index contributed by atoms with van der Waals surface area (Å²) in [4.78, 5) is 6.95. The van der Waals surface area contributed by atoms with Crippen LogP contribution in [0.15, 0.2) is 152 Å². The van der Waals surface area contributed by atoms with E-state index in [9.17, 15) is 0 Å². The van der Waals surface area contributed by atoms with Crippen molar-refractivity contribution in [1.29, 1.82) is 0 Å². The van der Waals surface area contributed by atoms with Gasteiger partial charge >= 0.3 is 0 Å². The predicted molar refractivity (Wildman–Crippen MR) is 175 cm³/mol. The molecule has 0 bridgehead atoms. The normalized spacial score (nSPS) is 12.2. The molecule has 1 aliphatic rings. The van der Waals surface area contributed by atoms with Crippen molar-refractivity contribution in [1.82, 2.24) is 9.55 Å². The summed E-state index contributed by atoms with van der Waals surface area (Å²) in [7, 11) is 0. The van der Waals surface area contributed by atoms with Crippen LogP contribution in [0.1, 0.15) is 0 Å². The van der Waals surface area contributed by atoms with Crippen LogP contribution in [-0.4, -0.2) is 9.55 Å². The van der Waals surface area contributed by atoms with Crippen molar-refractivity contribution in [3.8, 4) is 27.9 Å². The highest BCUT2D eigenvalue weighted by Gasteiger charge is 2.28. The van der Waals surface area contributed by atoms with Crippen molar-refractivity contribution < 1.29 is 0 Å². The van der Waals surface area contributed by atoms with E-state index in [1.165, 1.54) is 60.7 Å². The second kappa shape index (κ2) is 8.92. The van der Waals surface area contributed by atoms with E-state index in [0.717, 1.165) is 16.9 Å². The predicted octanol–water partition coefficient (Wildman–Crippen LogP) is 10.4. The number of benzene rings is 6. The van der Waals surface area contributed by atoms with Crippen LogP contribution in [0.5, 0.6) is 0 Å². The van der Waals surface area contributed by atoms with Crippen LogP contribution in [0.3, 0.4) is 0 Å². The average Bonchev–Trinajstić information content (AvgIpc) is 3.40. The average molecular weight is 536 g/mol. The van der Waals surface area contributed by atoms with Crippen LogP contribution in [0.4, 0.5) is 17.1 Å². The fourth-order valence-corrected chi connectivity index (χ4v) is 6.81. The second-order valence-corrected chi connectivity index (χ2v) is 10.8. The third kappa shape index (κ3) is 3.25. The molecule has 42 heavy (non-hydrogen) atoms. The molecule has 2 aromatic heterocycles. The third-order valence-corrected chi connectivity index (χ3v) is 8.59. The summed E-state index contributed by atoms with van der Waals surface area (Å²) in [6.07, 6.45) is 3.90. The molecule has 0 N–H and O–H groups in total. The number of pyridine rings is 1. The molecule has 3 heterocycles. The molecule has 0 fully saturated rings. The van der Waals surface area contributed by atoms with E-state index in [4.69, 9.17) is 0 Å². The Labute approximate surface area is 243 Å². The summed E-state index contributed by atoms with van der Waals surface area (Å²) in [6.45, 7) is 0. The van der Waals surface area contributed by atoms with Crippen LogP contribution in [0.25, 0.3) is 60.5 Å². The van der Waals surface area contributed by atoms with Crippen molar-refractivity contribution in [2.24, 2.45) is 0 Å². The zero-order valence-electron chi connectivity index (χ0n) is 22.8. The summed E-state index contributed by atoms with van der Waals surface area (Å²) >= 11 is 0. The van der Waals surface area contributed by atoms with E-state index in [1.807, 2.05) is 12.4 Å². The fourth-order valence-electron chi connectivity index (χ4n) is 6.81. The molecule has 0 spiro atoms. The Bertz CT molecular complexity index is 2280. The van der Waals surface area contributed by atoms with Gasteiger partial charge in [-0.2, -0.15) is 0 Å². The summed E-state index contributed by atoms with van der Waals surface area (Å²) in [5.74, 6) is 0. The fraction of sp³-hybridized carbons (Fsp3) is 0. The standard InChI is InChI=1S/C39H25N3/c1-3-10-26(11-4-1)27-18-20-29(21-19-27)41-34-16-8-7-14-30(34)33-24-36-38(32-15-9-17-35(41)39(32)33)31-22-23-40-25-37(31)42(36)28-12-5-2-6-13-28/h1-25H. The Kier molecular flexibility index (Phi) is 4.90. The van der Waals surface area contributed by atoms with Gasteiger partial charge in [0.05, 0.1) is 28.6 Å². The molecule has 6 aromatic carbocycles. The summed E-state index contributed by atoms with van der Waals surface area (Å²) in [6, 6.07) is 50.2. The first-order valence-electron chi connectivity index (χ1n) is 14.3. The Hall–Kier alpha value is -5.67. The van der Waals surface area contributed by atoms with Crippen molar-refractivity contribution in [2.45, 2.75) is 0 Å². The van der Waals surface area contributed by atoms with Gasteiger partial charge in [0.2, 0.25) is 0 Å². The topological polar surface area (TPSA) is 21.1 Å². The van der Waals surface area contributed by atoms with Gasteiger partial charge in [-0.25, -0.2) is 0 Å². The van der Waals surface area contributed by atoms with Gasteiger partial charge in [-0.1, -0.05) is 91.0 Å². The van der Waals surface area contributed by atoms with E-state index in [2.05, 4.69) is 154 Å². The molecular weight excluding hydrogens is 510 g/mol. The van der Waals surface area contributed by atoms with E-state index < -0.39 is 0 Å². The maximum Gasteiger partial charge on any atom is 0.0724 e. The number of anilines is 3. The van der Waals surface area contributed by atoms with E-state index in [-0.39, 0.29) is 0 Å². The van der Waals surface area contributed by atoms with Gasteiger partial charge in [0.1, 0.15) is 0 Å². The number of aromatic nitrogens is 2. The van der Waals surface area contributed by atoms with Crippen LogP contribution in [-0.2, 0) is 0 Å². The van der Waals surface area contributed by atoms with E-state index in [0.29, 0.717) is 0 Å². The van der Waals surface area contributed by atoms with Crippen molar-refractivity contribution >= 4 is 49.6 Å². The van der Waals surface area contributed by atoms with E-state index in [1.54, 1.807) is 0 Å². The van der Waals surface area contributed by atoms with E-state index >= 15 is 0 Å². The smallest absolute Gasteiger partial charge is 0.0724 e. The maximum atomic E-state index is 4.53. The van der Waals surface area contributed by atoms with Gasteiger partial charge in [0.25, 0.3) is 0 Å². The minimum Gasteiger partial charge on any atom is -0.309 e. The van der Waals surface area contributed by atoms with Gasteiger partial charge in [-0.15, -0.1) is 0 Å². The lowest BCUT2D eigenvalue weighted by atomic mass is 9.88. The first-order chi connectivity index (χ1) is 20.9. The van der Waals surface area contributed by atoms with Crippen molar-refractivity contribution in [3.63, 3.8) is 0 Å². The lowest BCUT2D eigenvalue weighted by Crippen LogP contribution is -2.15. The Balaban J connectivity index is 1.36. The molecule has 0 aliphatic carbocycles. The minimum absolute atomic E-state index is 1.11. The molecule has 0 saturated heterocycles. The highest BCUT2D eigenvalue weighted by atomic mass is 15.2. The Morgan fingerprint density at radius 2 is 1.17 bits per heavy atom. The number of rotatable bonds is 3.